The first-order valence-electron chi connectivity index (χ1n) is 14.2. The summed E-state index contributed by atoms with van der Waals surface area (Å²) in [5.74, 6) is 1.88. The summed E-state index contributed by atoms with van der Waals surface area (Å²) in [5.41, 5.74) is 7.01. The van der Waals surface area contributed by atoms with Crippen LogP contribution < -0.4 is 24.8 Å². The molecule has 0 radical (unpaired) electrons. The van der Waals surface area contributed by atoms with Crippen molar-refractivity contribution in [2.24, 2.45) is 0 Å². The van der Waals surface area contributed by atoms with Crippen molar-refractivity contribution in [2.75, 3.05) is 0 Å². The first kappa shape index (κ1) is 33.7. The first-order valence-corrected chi connectivity index (χ1v) is 20.4. The maximum absolute atomic E-state index is 5.97. The second-order valence-electron chi connectivity index (χ2n) is 11.0. The molecule has 0 saturated heterocycles. The Morgan fingerprint density at radius 1 is 0.545 bits per heavy atom. The smallest absolute Gasteiger partial charge is 0.134 e. The molecule has 0 spiro atoms. The van der Waals surface area contributed by atoms with Crippen LogP contribution in [-0.4, -0.2) is 5.43 Å². The number of hydrogen-bond donors (Lipinski definition) is 0. The minimum Gasteiger partial charge on any atom is -1.00 e. The number of rotatable bonds is 2. The number of para-hydroxylation sites is 2. The quantitative estimate of drug-likeness (QED) is 0.179. The van der Waals surface area contributed by atoms with E-state index in [-0.39, 0.29) is 30.2 Å². The van der Waals surface area contributed by atoms with E-state index in [4.69, 9.17) is 8.83 Å². The Morgan fingerprint density at radius 2 is 0.932 bits per heavy atom. The van der Waals surface area contributed by atoms with Gasteiger partial charge in [-0.15, -0.1) is 69.1 Å². The summed E-state index contributed by atoms with van der Waals surface area (Å²) >= 11 is 1.74. The molecule has 0 bridgehead atoms. The Bertz CT molecular complexity index is 1960. The van der Waals surface area contributed by atoms with Crippen LogP contribution in [0.3, 0.4) is 0 Å². The third-order valence-electron chi connectivity index (χ3n) is 7.17. The van der Waals surface area contributed by atoms with Crippen molar-refractivity contribution in [1.82, 2.24) is 0 Å². The Kier molecular flexibility index (Phi) is 11.3. The van der Waals surface area contributed by atoms with Crippen molar-refractivity contribution in [2.45, 2.75) is 26.9 Å². The fourth-order valence-electron chi connectivity index (χ4n) is 5.43. The van der Waals surface area contributed by atoms with E-state index < -0.39 is 0 Å². The molecule has 6 heteroatoms. The van der Waals surface area contributed by atoms with E-state index in [2.05, 4.69) is 112 Å². The van der Waals surface area contributed by atoms with Gasteiger partial charge in [-0.2, -0.15) is 12.1 Å². The van der Waals surface area contributed by atoms with E-state index in [0.29, 0.717) is 0 Å². The molecule has 0 aliphatic heterocycles. The number of furan rings is 2. The van der Waals surface area contributed by atoms with E-state index in [1.54, 1.807) is 23.3 Å². The Labute approximate surface area is 286 Å². The van der Waals surface area contributed by atoms with Crippen LogP contribution in [0.5, 0.6) is 0 Å². The largest absolute Gasteiger partial charge is 1.00 e. The van der Waals surface area contributed by atoms with Gasteiger partial charge in [-0.1, -0.05) is 62.4 Å². The third-order valence-corrected chi connectivity index (χ3v) is 7.17. The molecule has 2 heterocycles. The van der Waals surface area contributed by atoms with Gasteiger partial charge in [0.1, 0.15) is 22.7 Å². The molecule has 0 fully saturated rings. The zero-order valence-corrected chi connectivity index (χ0v) is 30.1. The summed E-state index contributed by atoms with van der Waals surface area (Å²) in [4.78, 5) is 0. The molecule has 44 heavy (non-hydrogen) atoms. The maximum atomic E-state index is 5.97. The Balaban J connectivity index is 0.000000172. The van der Waals surface area contributed by atoms with Crippen molar-refractivity contribution in [3.8, 4) is 22.6 Å². The van der Waals surface area contributed by atoms with Gasteiger partial charge < -0.3 is 33.6 Å². The average molecular weight is 711 g/mol. The van der Waals surface area contributed by atoms with Gasteiger partial charge in [0.25, 0.3) is 0 Å². The molecule has 6 aromatic carbocycles. The molecule has 0 aliphatic carbocycles. The zero-order chi connectivity index (χ0) is 29.2. The van der Waals surface area contributed by atoms with Gasteiger partial charge in [0.2, 0.25) is 0 Å². The molecule has 0 saturated carbocycles. The molecule has 220 valence electrons. The van der Waals surface area contributed by atoms with Crippen LogP contribution in [-0.2, 0) is 23.3 Å². The van der Waals surface area contributed by atoms with Crippen LogP contribution in [0.15, 0.2) is 130 Å². The van der Waals surface area contributed by atoms with Gasteiger partial charge in [-0.3, -0.25) is 0 Å². The molecule has 2 nitrogen and oxygen atoms in total. The molecular weight excluding hydrogens is 679 g/mol. The van der Waals surface area contributed by atoms with Crippen molar-refractivity contribution in [3.05, 3.63) is 132 Å². The van der Waals surface area contributed by atoms with E-state index in [9.17, 15) is 0 Å². The Hall–Kier alpha value is -3.14. The molecule has 2 aromatic heterocycles. The van der Waals surface area contributed by atoms with Crippen LogP contribution in [0.1, 0.15) is 11.1 Å². The van der Waals surface area contributed by atoms with Crippen molar-refractivity contribution in [1.29, 1.82) is 0 Å². The number of benzene rings is 4. The normalized spacial score (nSPS) is 10.5. The van der Waals surface area contributed by atoms with Gasteiger partial charge in [0.05, 0.1) is 0 Å². The minimum atomic E-state index is 0. The predicted molar refractivity (Wildman–Crippen MR) is 176 cm³/mol. The summed E-state index contributed by atoms with van der Waals surface area (Å²) in [5, 5.41) is 7.37. The van der Waals surface area contributed by atoms with E-state index in [1.807, 2.05) is 36.4 Å². The molecule has 0 N–H and O–H groups in total. The van der Waals surface area contributed by atoms with Crippen molar-refractivity contribution >= 4 is 48.9 Å². The SMILES string of the molecule is C[Si](C)=[Zr+2].Cc1cc2c(-c3cc4ccccc4o3)cccc2[cH-]1.Cc1cc2c(-c3cc4ccccc4o3)cccc2[cH-]1.[Cl-].[Cl-]. The summed E-state index contributed by atoms with van der Waals surface area (Å²) in [7, 11) is 0. The zero-order valence-electron chi connectivity index (χ0n) is 25.1. The monoisotopic (exact) mass is 708 g/mol. The second kappa shape index (κ2) is 14.8. The molecule has 8 aromatic rings. The van der Waals surface area contributed by atoms with Crippen LogP contribution >= 0.6 is 0 Å². The van der Waals surface area contributed by atoms with Gasteiger partial charge in [0.15, 0.2) is 0 Å². The summed E-state index contributed by atoms with van der Waals surface area (Å²) in [6, 6.07) is 42.1. The first-order chi connectivity index (χ1) is 20.4. The van der Waals surface area contributed by atoms with Crippen molar-refractivity contribution in [3.63, 3.8) is 0 Å². The van der Waals surface area contributed by atoms with E-state index >= 15 is 0 Å². The third kappa shape index (κ3) is 7.38. The maximum Gasteiger partial charge on any atom is 0.134 e. The number of halogens is 2. The summed E-state index contributed by atoms with van der Waals surface area (Å²) in [6.07, 6.45) is 0. The fraction of sp³-hybridized carbons (Fsp3) is 0.105. The molecule has 0 atom stereocenters. The molecule has 8 rings (SSSR count). The van der Waals surface area contributed by atoms with Crippen LogP contribution in [0, 0.1) is 13.8 Å². The van der Waals surface area contributed by atoms with Crippen LogP contribution in [0.4, 0.5) is 0 Å². The molecular formula is C38H32Cl2O2SiZr-2. The predicted octanol–water partition coefficient (Wildman–Crippen LogP) is 5.35. The minimum absolute atomic E-state index is 0. The van der Waals surface area contributed by atoms with E-state index in [0.717, 1.165) is 33.5 Å². The van der Waals surface area contributed by atoms with E-state index in [1.165, 1.54) is 43.8 Å². The number of aryl methyl sites for hydroxylation is 2. The molecule has 0 aliphatic rings. The number of fused-ring (bicyclic) bond motifs is 4. The summed E-state index contributed by atoms with van der Waals surface area (Å²) in [6.45, 7) is 8.87. The average Bonchev–Trinajstić information content (AvgIpc) is 3.75. The Morgan fingerprint density at radius 3 is 1.32 bits per heavy atom. The molecule has 0 amide bonds. The number of hydrogen-bond acceptors (Lipinski definition) is 2. The van der Waals surface area contributed by atoms with Crippen LogP contribution in [0.2, 0.25) is 13.1 Å². The standard InChI is InChI=1S/2C18H13O.C2H6Si.2ClH.Zr/c2*1-12-9-13-6-4-7-15(16(13)10-12)18-11-14-5-2-3-8-17(14)19-18;1-3-2;;;/h2*2-11H,1H3;1-2H3;2*1H;/q2*-1;;;;+2/p-2. The van der Waals surface area contributed by atoms with Gasteiger partial charge in [0, 0.05) is 10.8 Å². The molecule has 0 unspecified atom stereocenters. The van der Waals surface area contributed by atoms with Gasteiger partial charge in [-0.05, 0) is 35.4 Å². The second-order valence-corrected chi connectivity index (χ2v) is 20.4. The fourth-order valence-corrected chi connectivity index (χ4v) is 5.43. The van der Waals surface area contributed by atoms with Crippen LogP contribution in [0.25, 0.3) is 66.1 Å². The topological polar surface area (TPSA) is 26.3 Å². The summed E-state index contributed by atoms with van der Waals surface area (Å²) < 4.78 is 11.9. The van der Waals surface area contributed by atoms with Gasteiger partial charge in [-0.25, -0.2) is 0 Å². The van der Waals surface area contributed by atoms with Gasteiger partial charge >= 0.3 is 41.9 Å². The van der Waals surface area contributed by atoms with Crippen molar-refractivity contribution < 1.29 is 57.0 Å².